The molecular formula is C23H20N2O3. The van der Waals surface area contributed by atoms with Crippen molar-refractivity contribution in [3.8, 4) is 17.2 Å². The van der Waals surface area contributed by atoms with Gasteiger partial charge in [-0.3, -0.25) is 4.79 Å². The van der Waals surface area contributed by atoms with Crippen molar-refractivity contribution < 1.29 is 13.9 Å². The fourth-order valence-electron chi connectivity index (χ4n) is 2.90. The average molecular weight is 372 g/mol. The van der Waals surface area contributed by atoms with Gasteiger partial charge in [-0.15, -0.1) is 0 Å². The van der Waals surface area contributed by atoms with Crippen molar-refractivity contribution in [2.45, 2.75) is 13.8 Å². The summed E-state index contributed by atoms with van der Waals surface area (Å²) in [7, 11) is 0. The Morgan fingerprint density at radius 1 is 1.04 bits per heavy atom. The van der Waals surface area contributed by atoms with Gasteiger partial charge in [0.05, 0.1) is 0 Å². The number of fused-ring (bicyclic) bond motifs is 1. The minimum absolute atomic E-state index is 0.0597. The number of oxazole rings is 1. The summed E-state index contributed by atoms with van der Waals surface area (Å²) in [6, 6.07) is 20.9. The molecule has 0 aliphatic heterocycles. The van der Waals surface area contributed by atoms with Gasteiger partial charge in [-0.2, -0.15) is 0 Å². The molecule has 0 spiro atoms. The molecule has 3 aromatic carbocycles. The van der Waals surface area contributed by atoms with Crippen LogP contribution in [0.4, 0.5) is 5.69 Å². The molecule has 5 nitrogen and oxygen atoms in total. The van der Waals surface area contributed by atoms with Crippen LogP contribution < -0.4 is 10.1 Å². The van der Waals surface area contributed by atoms with Gasteiger partial charge in [-0.05, 0) is 61.4 Å². The van der Waals surface area contributed by atoms with Gasteiger partial charge in [0, 0.05) is 11.3 Å². The number of carbonyl (C=O) groups excluding carboxylic acids is 1. The molecule has 1 aromatic heterocycles. The van der Waals surface area contributed by atoms with Crippen molar-refractivity contribution in [1.82, 2.24) is 4.98 Å². The molecule has 0 unspecified atom stereocenters. The van der Waals surface area contributed by atoms with Crippen LogP contribution in [0, 0.1) is 13.8 Å². The number of nitrogens with zero attached hydrogens (tertiary/aromatic N) is 1. The number of hydrogen-bond acceptors (Lipinski definition) is 4. The lowest BCUT2D eigenvalue weighted by molar-refractivity contribution is -0.118. The minimum atomic E-state index is -0.225. The number of nitrogens with one attached hydrogen (secondary N) is 1. The summed E-state index contributed by atoms with van der Waals surface area (Å²) >= 11 is 0. The molecule has 0 aliphatic carbocycles. The van der Waals surface area contributed by atoms with Crippen LogP contribution in [0.3, 0.4) is 0 Å². The minimum Gasteiger partial charge on any atom is -0.484 e. The highest BCUT2D eigenvalue weighted by atomic mass is 16.5. The molecule has 0 saturated carbocycles. The topological polar surface area (TPSA) is 64.4 Å². The smallest absolute Gasteiger partial charge is 0.262 e. The predicted octanol–water partition coefficient (Wildman–Crippen LogP) is 5.13. The second-order valence-electron chi connectivity index (χ2n) is 6.67. The van der Waals surface area contributed by atoms with Crippen LogP contribution in [-0.4, -0.2) is 17.5 Å². The van der Waals surface area contributed by atoms with Crippen molar-refractivity contribution in [3.63, 3.8) is 0 Å². The Labute approximate surface area is 163 Å². The van der Waals surface area contributed by atoms with Gasteiger partial charge in [-0.1, -0.05) is 30.3 Å². The molecule has 1 N–H and O–H groups in total. The van der Waals surface area contributed by atoms with Crippen LogP contribution in [0.2, 0.25) is 0 Å². The molecule has 0 aliphatic rings. The van der Waals surface area contributed by atoms with E-state index in [1.807, 2.05) is 80.6 Å². The molecule has 0 saturated heterocycles. The molecule has 0 bridgehead atoms. The zero-order valence-electron chi connectivity index (χ0n) is 15.7. The van der Waals surface area contributed by atoms with Gasteiger partial charge < -0.3 is 14.5 Å². The number of aromatic nitrogens is 1. The van der Waals surface area contributed by atoms with Gasteiger partial charge in [0.15, 0.2) is 12.2 Å². The van der Waals surface area contributed by atoms with Crippen LogP contribution in [0.5, 0.6) is 5.75 Å². The fourth-order valence-corrected chi connectivity index (χ4v) is 2.90. The SMILES string of the molecule is Cc1ccc2oc(-c3ccc(C)c(NC(=O)COc4ccccc4)c3)nc2c1. The number of hydrogen-bond donors (Lipinski definition) is 1. The molecule has 140 valence electrons. The lowest BCUT2D eigenvalue weighted by atomic mass is 10.1. The first kappa shape index (κ1) is 17.8. The van der Waals surface area contributed by atoms with Crippen LogP contribution in [0.15, 0.2) is 71.1 Å². The first-order chi connectivity index (χ1) is 13.6. The normalized spacial score (nSPS) is 10.8. The zero-order valence-corrected chi connectivity index (χ0v) is 15.7. The summed E-state index contributed by atoms with van der Waals surface area (Å²) in [6.07, 6.45) is 0. The van der Waals surface area contributed by atoms with E-state index in [2.05, 4.69) is 10.3 Å². The van der Waals surface area contributed by atoms with E-state index >= 15 is 0 Å². The Kier molecular flexibility index (Phi) is 4.81. The Hall–Kier alpha value is -3.60. The number of carbonyl (C=O) groups is 1. The van der Waals surface area contributed by atoms with Crippen LogP contribution >= 0.6 is 0 Å². The van der Waals surface area contributed by atoms with E-state index in [-0.39, 0.29) is 12.5 Å². The number of ether oxygens (including phenoxy) is 1. The van der Waals surface area contributed by atoms with E-state index in [1.54, 1.807) is 0 Å². The maximum atomic E-state index is 12.3. The number of aryl methyl sites for hydroxylation is 2. The third-order valence-corrected chi connectivity index (χ3v) is 4.41. The lowest BCUT2D eigenvalue weighted by Crippen LogP contribution is -2.20. The quantitative estimate of drug-likeness (QED) is 0.527. The largest absolute Gasteiger partial charge is 0.484 e. The van der Waals surface area contributed by atoms with Gasteiger partial charge in [-0.25, -0.2) is 4.98 Å². The van der Waals surface area contributed by atoms with Crippen molar-refractivity contribution in [1.29, 1.82) is 0 Å². The highest BCUT2D eigenvalue weighted by Gasteiger charge is 2.12. The summed E-state index contributed by atoms with van der Waals surface area (Å²) in [5.74, 6) is 0.957. The van der Waals surface area contributed by atoms with Gasteiger partial charge in [0.2, 0.25) is 5.89 Å². The third-order valence-electron chi connectivity index (χ3n) is 4.41. The second kappa shape index (κ2) is 7.56. The lowest BCUT2D eigenvalue weighted by Gasteiger charge is -2.10. The average Bonchev–Trinajstić information content (AvgIpc) is 3.12. The first-order valence-electron chi connectivity index (χ1n) is 9.04. The number of rotatable bonds is 5. The molecule has 4 aromatic rings. The molecule has 1 amide bonds. The Morgan fingerprint density at radius 3 is 2.68 bits per heavy atom. The maximum Gasteiger partial charge on any atom is 0.262 e. The summed E-state index contributed by atoms with van der Waals surface area (Å²) in [5, 5.41) is 2.90. The van der Waals surface area contributed by atoms with E-state index in [9.17, 15) is 4.79 Å². The molecule has 4 rings (SSSR count). The molecule has 28 heavy (non-hydrogen) atoms. The molecule has 1 heterocycles. The van der Waals surface area contributed by atoms with Gasteiger partial charge in [0.25, 0.3) is 5.91 Å². The maximum absolute atomic E-state index is 12.3. The summed E-state index contributed by atoms with van der Waals surface area (Å²) in [6.45, 7) is 3.90. The highest BCUT2D eigenvalue weighted by molar-refractivity contribution is 5.93. The van der Waals surface area contributed by atoms with E-state index in [1.165, 1.54) is 0 Å². The summed E-state index contributed by atoms with van der Waals surface area (Å²) in [4.78, 5) is 16.9. The zero-order chi connectivity index (χ0) is 19.5. The van der Waals surface area contributed by atoms with Crippen molar-refractivity contribution in [3.05, 3.63) is 77.9 Å². The second-order valence-corrected chi connectivity index (χ2v) is 6.67. The number of benzene rings is 3. The first-order valence-corrected chi connectivity index (χ1v) is 9.04. The monoisotopic (exact) mass is 372 g/mol. The molecule has 0 fully saturated rings. The molecule has 5 heteroatoms. The van der Waals surface area contributed by atoms with E-state index in [0.29, 0.717) is 17.3 Å². The molecular weight excluding hydrogens is 352 g/mol. The number of anilines is 1. The summed E-state index contributed by atoms with van der Waals surface area (Å²) < 4.78 is 11.4. The number of amides is 1. The standard InChI is InChI=1S/C23H20N2O3/c1-15-8-11-21-20(12-15)25-23(28-21)17-10-9-16(2)19(13-17)24-22(26)14-27-18-6-4-3-5-7-18/h3-13H,14H2,1-2H3,(H,24,26). The summed E-state index contributed by atoms with van der Waals surface area (Å²) in [5.41, 5.74) is 5.14. The predicted molar refractivity (Wildman–Crippen MR) is 109 cm³/mol. The van der Waals surface area contributed by atoms with E-state index in [0.717, 1.165) is 27.8 Å². The van der Waals surface area contributed by atoms with Crippen LogP contribution in [-0.2, 0) is 4.79 Å². The van der Waals surface area contributed by atoms with Gasteiger partial charge >= 0.3 is 0 Å². The van der Waals surface area contributed by atoms with Crippen LogP contribution in [0.1, 0.15) is 11.1 Å². The Morgan fingerprint density at radius 2 is 1.86 bits per heavy atom. The van der Waals surface area contributed by atoms with E-state index < -0.39 is 0 Å². The fraction of sp³-hybridized carbons (Fsp3) is 0.130. The van der Waals surface area contributed by atoms with Crippen molar-refractivity contribution in [2.75, 3.05) is 11.9 Å². The molecule has 0 atom stereocenters. The van der Waals surface area contributed by atoms with Gasteiger partial charge in [0.1, 0.15) is 11.3 Å². The van der Waals surface area contributed by atoms with Crippen LogP contribution in [0.25, 0.3) is 22.6 Å². The Balaban J connectivity index is 1.52. The molecule has 0 radical (unpaired) electrons. The van der Waals surface area contributed by atoms with Crippen molar-refractivity contribution in [2.24, 2.45) is 0 Å². The third kappa shape index (κ3) is 3.88. The Bertz CT molecular complexity index is 1130. The van der Waals surface area contributed by atoms with E-state index in [4.69, 9.17) is 9.15 Å². The number of para-hydroxylation sites is 1. The van der Waals surface area contributed by atoms with Crippen molar-refractivity contribution >= 4 is 22.7 Å². The highest BCUT2D eigenvalue weighted by Crippen LogP contribution is 2.28.